The molecule has 0 atom stereocenters. The van der Waals surface area contributed by atoms with Crippen LogP contribution in [0.5, 0.6) is 11.5 Å². The van der Waals surface area contributed by atoms with Crippen molar-refractivity contribution in [3.05, 3.63) is 77.6 Å². The van der Waals surface area contributed by atoms with Crippen LogP contribution in [-0.4, -0.2) is 43.1 Å². The Morgan fingerprint density at radius 2 is 1.67 bits per heavy atom. The van der Waals surface area contributed by atoms with Gasteiger partial charge in [0.2, 0.25) is 0 Å². The molecule has 0 aliphatic carbocycles. The highest BCUT2D eigenvalue weighted by Gasteiger charge is 2.12. The first-order valence-electron chi connectivity index (χ1n) is 9.69. The van der Waals surface area contributed by atoms with E-state index in [4.69, 9.17) is 25.8 Å². The number of esters is 1. The lowest BCUT2D eigenvalue weighted by atomic mass is 10.2. The van der Waals surface area contributed by atoms with Gasteiger partial charge >= 0.3 is 5.97 Å². The number of ether oxygens (including phenoxy) is 3. The second-order valence-corrected chi connectivity index (χ2v) is 6.92. The number of halogens is 1. The molecule has 9 nitrogen and oxygen atoms in total. The standard InChI is InChI=1S/C23H20ClN3O6/c1-31-18-5-2-4-16(12-18)26-20(28)13-32-17-9-7-15(8-10-17)23(30)33-14-21(29)27-19-6-3-11-25-22(19)24/h2-12H,13-14H2,1H3,(H,26,28)(H,27,29). The highest BCUT2D eigenvalue weighted by atomic mass is 35.5. The Morgan fingerprint density at radius 3 is 2.39 bits per heavy atom. The predicted molar refractivity (Wildman–Crippen MR) is 122 cm³/mol. The number of rotatable bonds is 9. The molecule has 10 heteroatoms. The molecule has 2 aromatic carbocycles. The van der Waals surface area contributed by atoms with Crippen molar-refractivity contribution in [2.45, 2.75) is 0 Å². The van der Waals surface area contributed by atoms with Crippen molar-refractivity contribution in [2.75, 3.05) is 31.0 Å². The molecular weight excluding hydrogens is 450 g/mol. The molecule has 0 bridgehead atoms. The van der Waals surface area contributed by atoms with Gasteiger partial charge in [-0.25, -0.2) is 9.78 Å². The quantitative estimate of drug-likeness (QED) is 0.363. The second-order valence-electron chi connectivity index (χ2n) is 6.56. The summed E-state index contributed by atoms with van der Waals surface area (Å²) >= 11 is 5.86. The number of aromatic nitrogens is 1. The zero-order valence-corrected chi connectivity index (χ0v) is 18.3. The maximum atomic E-state index is 12.1. The minimum atomic E-state index is -0.690. The van der Waals surface area contributed by atoms with Gasteiger partial charge < -0.3 is 24.8 Å². The number of nitrogens with one attached hydrogen (secondary N) is 2. The maximum absolute atomic E-state index is 12.1. The number of benzene rings is 2. The Bertz CT molecular complexity index is 1140. The predicted octanol–water partition coefficient (Wildman–Crippen LogP) is 3.56. The van der Waals surface area contributed by atoms with Crippen LogP contribution < -0.4 is 20.1 Å². The van der Waals surface area contributed by atoms with Crippen molar-refractivity contribution >= 4 is 40.8 Å². The van der Waals surface area contributed by atoms with Crippen LogP contribution in [0.15, 0.2) is 66.9 Å². The van der Waals surface area contributed by atoms with Gasteiger partial charge in [0.25, 0.3) is 11.8 Å². The summed E-state index contributed by atoms with van der Waals surface area (Å²) in [4.78, 5) is 40.0. The minimum Gasteiger partial charge on any atom is -0.497 e. The third-order valence-corrected chi connectivity index (χ3v) is 4.48. The van der Waals surface area contributed by atoms with Gasteiger partial charge in [-0.05, 0) is 48.5 Å². The third kappa shape index (κ3) is 7.22. The van der Waals surface area contributed by atoms with E-state index in [-0.39, 0.29) is 23.2 Å². The summed E-state index contributed by atoms with van der Waals surface area (Å²) in [6.45, 7) is -0.717. The fourth-order valence-corrected chi connectivity index (χ4v) is 2.78. The first kappa shape index (κ1) is 23.6. The lowest BCUT2D eigenvalue weighted by molar-refractivity contribution is -0.119. The van der Waals surface area contributed by atoms with Crippen LogP contribution >= 0.6 is 11.6 Å². The highest BCUT2D eigenvalue weighted by Crippen LogP contribution is 2.18. The molecule has 33 heavy (non-hydrogen) atoms. The van der Waals surface area contributed by atoms with E-state index in [9.17, 15) is 14.4 Å². The molecule has 0 spiro atoms. The fraction of sp³-hybridized carbons (Fsp3) is 0.130. The molecule has 0 saturated carbocycles. The van der Waals surface area contributed by atoms with Crippen LogP contribution in [0.25, 0.3) is 0 Å². The lowest BCUT2D eigenvalue weighted by Gasteiger charge is -2.09. The summed E-state index contributed by atoms with van der Waals surface area (Å²) in [5.41, 5.74) is 1.11. The van der Waals surface area contributed by atoms with Crippen LogP contribution in [0.3, 0.4) is 0 Å². The van der Waals surface area contributed by atoms with E-state index in [0.717, 1.165) is 0 Å². The zero-order chi connectivity index (χ0) is 23.6. The SMILES string of the molecule is COc1cccc(NC(=O)COc2ccc(C(=O)OCC(=O)Nc3cccnc3Cl)cc2)c1. The molecule has 0 unspecified atom stereocenters. The monoisotopic (exact) mass is 469 g/mol. The summed E-state index contributed by atoms with van der Waals surface area (Å²) < 4.78 is 15.5. The first-order chi connectivity index (χ1) is 15.9. The molecule has 0 radical (unpaired) electrons. The van der Waals surface area contributed by atoms with Gasteiger partial charge in [0, 0.05) is 18.0 Å². The first-order valence-corrected chi connectivity index (χ1v) is 10.1. The Kier molecular flexibility index (Phi) is 8.20. The Hall–Kier alpha value is -4.11. The van der Waals surface area contributed by atoms with E-state index < -0.39 is 18.5 Å². The Morgan fingerprint density at radius 1 is 0.909 bits per heavy atom. The lowest BCUT2D eigenvalue weighted by Crippen LogP contribution is -2.21. The average Bonchev–Trinajstić information content (AvgIpc) is 2.83. The van der Waals surface area contributed by atoms with Gasteiger partial charge in [0.15, 0.2) is 18.4 Å². The van der Waals surface area contributed by atoms with Gasteiger partial charge in [-0.1, -0.05) is 17.7 Å². The van der Waals surface area contributed by atoms with Crippen LogP contribution in [0.4, 0.5) is 11.4 Å². The summed E-state index contributed by atoms with van der Waals surface area (Å²) in [7, 11) is 1.54. The van der Waals surface area contributed by atoms with Crippen molar-refractivity contribution in [1.29, 1.82) is 0 Å². The van der Waals surface area contributed by atoms with Crippen molar-refractivity contribution in [2.24, 2.45) is 0 Å². The zero-order valence-electron chi connectivity index (χ0n) is 17.5. The van der Waals surface area contributed by atoms with E-state index in [1.54, 1.807) is 36.4 Å². The molecule has 170 valence electrons. The van der Waals surface area contributed by atoms with Crippen LogP contribution in [-0.2, 0) is 14.3 Å². The number of anilines is 2. The summed E-state index contributed by atoms with van der Waals surface area (Å²) in [6.07, 6.45) is 1.48. The van der Waals surface area contributed by atoms with Crippen LogP contribution in [0.1, 0.15) is 10.4 Å². The number of amides is 2. The van der Waals surface area contributed by atoms with Gasteiger partial charge in [-0.3, -0.25) is 9.59 Å². The molecule has 0 saturated heterocycles. The summed E-state index contributed by atoms with van der Waals surface area (Å²) in [5, 5.41) is 5.33. The second kappa shape index (κ2) is 11.5. The van der Waals surface area contributed by atoms with Crippen molar-refractivity contribution in [1.82, 2.24) is 4.98 Å². The topological polar surface area (TPSA) is 116 Å². The third-order valence-electron chi connectivity index (χ3n) is 4.18. The van der Waals surface area contributed by atoms with Gasteiger partial charge in [0.1, 0.15) is 11.5 Å². The Labute approximate surface area is 194 Å². The summed E-state index contributed by atoms with van der Waals surface area (Å²) in [6, 6.07) is 16.1. The maximum Gasteiger partial charge on any atom is 0.338 e. The van der Waals surface area contributed by atoms with E-state index in [2.05, 4.69) is 15.6 Å². The number of nitrogens with zero attached hydrogens (tertiary/aromatic N) is 1. The number of carbonyl (C=O) groups is 3. The van der Waals surface area contributed by atoms with E-state index in [1.165, 1.54) is 37.6 Å². The molecule has 3 rings (SSSR count). The molecule has 3 aromatic rings. The Balaban J connectivity index is 1.44. The highest BCUT2D eigenvalue weighted by molar-refractivity contribution is 6.32. The van der Waals surface area contributed by atoms with E-state index in [0.29, 0.717) is 22.9 Å². The van der Waals surface area contributed by atoms with Crippen LogP contribution in [0.2, 0.25) is 5.15 Å². The molecule has 0 fully saturated rings. The molecule has 1 aromatic heterocycles. The van der Waals surface area contributed by atoms with E-state index in [1.807, 2.05) is 0 Å². The van der Waals surface area contributed by atoms with Crippen molar-refractivity contribution < 1.29 is 28.6 Å². The molecule has 2 N–H and O–H groups in total. The number of carbonyl (C=O) groups excluding carboxylic acids is 3. The number of hydrogen-bond acceptors (Lipinski definition) is 7. The molecule has 0 aliphatic heterocycles. The fourth-order valence-electron chi connectivity index (χ4n) is 2.61. The summed E-state index contributed by atoms with van der Waals surface area (Å²) in [5.74, 6) is -0.595. The average molecular weight is 470 g/mol. The number of methoxy groups -OCH3 is 1. The van der Waals surface area contributed by atoms with Gasteiger partial charge in [0.05, 0.1) is 18.4 Å². The molecule has 0 aliphatic rings. The van der Waals surface area contributed by atoms with E-state index >= 15 is 0 Å². The van der Waals surface area contributed by atoms with Gasteiger partial charge in [-0.15, -0.1) is 0 Å². The van der Waals surface area contributed by atoms with Crippen molar-refractivity contribution in [3.63, 3.8) is 0 Å². The molecule has 1 heterocycles. The molecular formula is C23H20ClN3O6. The normalized spacial score (nSPS) is 10.1. The van der Waals surface area contributed by atoms with Crippen LogP contribution in [0, 0.1) is 0 Å². The smallest absolute Gasteiger partial charge is 0.338 e. The van der Waals surface area contributed by atoms with Crippen molar-refractivity contribution in [3.8, 4) is 11.5 Å². The van der Waals surface area contributed by atoms with Gasteiger partial charge in [-0.2, -0.15) is 0 Å². The molecule has 2 amide bonds. The largest absolute Gasteiger partial charge is 0.497 e. The number of pyridine rings is 1. The minimum absolute atomic E-state index is 0.130. The number of hydrogen-bond donors (Lipinski definition) is 2.